The van der Waals surface area contributed by atoms with Crippen molar-refractivity contribution in [2.75, 3.05) is 25.0 Å². The van der Waals surface area contributed by atoms with Crippen LogP contribution in [0.25, 0.3) is 0 Å². The van der Waals surface area contributed by atoms with E-state index in [2.05, 4.69) is 31.0 Å². The van der Waals surface area contributed by atoms with Crippen LogP contribution in [-0.2, 0) is 0 Å². The van der Waals surface area contributed by atoms with Crippen molar-refractivity contribution in [2.45, 2.75) is 53.0 Å². The number of aryl methyl sites for hydroxylation is 1. The van der Waals surface area contributed by atoms with Gasteiger partial charge in [-0.05, 0) is 68.8 Å². The van der Waals surface area contributed by atoms with Gasteiger partial charge in [0.05, 0.1) is 0 Å². The van der Waals surface area contributed by atoms with Crippen molar-refractivity contribution in [3.05, 3.63) is 29.1 Å². The summed E-state index contributed by atoms with van der Waals surface area (Å²) in [6.07, 6.45) is 3.68. The van der Waals surface area contributed by atoms with E-state index in [-0.39, 0.29) is 11.9 Å². The molecule has 1 aromatic rings. The molecule has 118 valence electrons. The summed E-state index contributed by atoms with van der Waals surface area (Å²) in [4.78, 5) is 2.46. The van der Waals surface area contributed by atoms with Gasteiger partial charge in [-0.3, -0.25) is 0 Å². The van der Waals surface area contributed by atoms with Crippen LogP contribution in [0.15, 0.2) is 12.1 Å². The van der Waals surface area contributed by atoms with Gasteiger partial charge in [-0.1, -0.05) is 13.8 Å². The maximum atomic E-state index is 14.0. The summed E-state index contributed by atoms with van der Waals surface area (Å²) < 4.78 is 14.0. The van der Waals surface area contributed by atoms with Gasteiger partial charge in [-0.2, -0.15) is 0 Å². The first-order chi connectivity index (χ1) is 9.96. The monoisotopic (exact) mass is 292 g/mol. The first kappa shape index (κ1) is 16.3. The van der Waals surface area contributed by atoms with Crippen LogP contribution in [-0.4, -0.2) is 20.1 Å². The highest BCUT2D eigenvalue weighted by molar-refractivity contribution is 5.58. The number of hydrogen-bond donors (Lipinski definition) is 1. The molecule has 1 aromatic carbocycles. The summed E-state index contributed by atoms with van der Waals surface area (Å²) in [5.41, 5.74) is 3.45. The van der Waals surface area contributed by atoms with Gasteiger partial charge < -0.3 is 10.2 Å². The van der Waals surface area contributed by atoms with E-state index in [0.717, 1.165) is 24.2 Å². The van der Waals surface area contributed by atoms with Crippen molar-refractivity contribution in [1.29, 1.82) is 0 Å². The molecule has 0 bridgehead atoms. The summed E-state index contributed by atoms with van der Waals surface area (Å²) in [7, 11) is 1.93. The predicted octanol–water partition coefficient (Wildman–Crippen LogP) is 4.43. The highest BCUT2D eigenvalue weighted by Gasteiger charge is 2.36. The Labute approximate surface area is 128 Å². The summed E-state index contributed by atoms with van der Waals surface area (Å²) in [5, 5.41) is 3.25. The number of benzene rings is 1. The molecule has 3 heteroatoms. The number of hydrogen-bond acceptors (Lipinski definition) is 2. The van der Waals surface area contributed by atoms with Crippen molar-refractivity contribution in [1.82, 2.24) is 5.32 Å². The molecule has 1 N–H and O–H groups in total. The zero-order valence-electron chi connectivity index (χ0n) is 14.1. The van der Waals surface area contributed by atoms with E-state index in [1.165, 1.54) is 24.9 Å². The SMILES string of the molecule is CCC1(CC)CCN(c2cc(C)c(F)cc2C(C)NC)C1. The first-order valence-electron chi connectivity index (χ1n) is 8.18. The Kier molecular flexibility index (Phi) is 4.92. The summed E-state index contributed by atoms with van der Waals surface area (Å²) in [5.74, 6) is -0.104. The maximum Gasteiger partial charge on any atom is 0.126 e. The van der Waals surface area contributed by atoms with Gasteiger partial charge in [0, 0.05) is 24.8 Å². The minimum Gasteiger partial charge on any atom is -0.371 e. The molecule has 1 heterocycles. The Morgan fingerprint density at radius 2 is 2.00 bits per heavy atom. The lowest BCUT2D eigenvalue weighted by Crippen LogP contribution is -2.28. The Bertz CT molecular complexity index is 494. The van der Waals surface area contributed by atoms with Gasteiger partial charge in [-0.25, -0.2) is 4.39 Å². The molecule has 0 aromatic heterocycles. The zero-order chi connectivity index (χ0) is 15.6. The molecule has 21 heavy (non-hydrogen) atoms. The first-order valence-corrected chi connectivity index (χ1v) is 8.18. The topological polar surface area (TPSA) is 15.3 Å². The third-order valence-corrected chi connectivity index (χ3v) is 5.49. The fourth-order valence-corrected chi connectivity index (χ4v) is 3.43. The molecule has 0 amide bonds. The smallest absolute Gasteiger partial charge is 0.126 e. The number of rotatable bonds is 5. The van der Waals surface area contributed by atoms with E-state index >= 15 is 0 Å². The van der Waals surface area contributed by atoms with Crippen molar-refractivity contribution >= 4 is 5.69 Å². The molecule has 0 spiro atoms. The van der Waals surface area contributed by atoms with Crippen LogP contribution in [0, 0.1) is 18.2 Å². The van der Waals surface area contributed by atoms with Crippen LogP contribution in [0.3, 0.4) is 0 Å². The van der Waals surface area contributed by atoms with Crippen molar-refractivity contribution in [2.24, 2.45) is 5.41 Å². The van der Waals surface area contributed by atoms with Crippen LogP contribution in [0.1, 0.15) is 57.2 Å². The zero-order valence-corrected chi connectivity index (χ0v) is 14.1. The second-order valence-corrected chi connectivity index (χ2v) is 6.55. The number of nitrogens with one attached hydrogen (secondary N) is 1. The Balaban J connectivity index is 2.37. The summed E-state index contributed by atoms with van der Waals surface area (Å²) >= 11 is 0. The molecule has 0 radical (unpaired) electrons. The summed E-state index contributed by atoms with van der Waals surface area (Å²) in [6.45, 7) is 10.7. The second kappa shape index (κ2) is 6.35. The third-order valence-electron chi connectivity index (χ3n) is 5.49. The lowest BCUT2D eigenvalue weighted by atomic mass is 9.82. The fourth-order valence-electron chi connectivity index (χ4n) is 3.43. The molecular formula is C18H29FN2. The molecular weight excluding hydrogens is 263 g/mol. The van der Waals surface area contributed by atoms with Gasteiger partial charge in [0.25, 0.3) is 0 Å². The van der Waals surface area contributed by atoms with Crippen LogP contribution >= 0.6 is 0 Å². The molecule has 1 saturated heterocycles. The fraction of sp³-hybridized carbons (Fsp3) is 0.667. The normalized spacial score (nSPS) is 19.0. The van der Waals surface area contributed by atoms with Crippen molar-refractivity contribution in [3.63, 3.8) is 0 Å². The van der Waals surface area contributed by atoms with Crippen LogP contribution in [0.2, 0.25) is 0 Å². The van der Waals surface area contributed by atoms with Crippen LogP contribution in [0.5, 0.6) is 0 Å². The standard InChI is InChI=1S/C18H29FN2/c1-6-18(7-2)8-9-21(12-18)17-10-13(3)16(19)11-15(17)14(4)20-5/h10-11,14,20H,6-9,12H2,1-5H3. The maximum absolute atomic E-state index is 14.0. The molecule has 1 atom stereocenters. The van der Waals surface area contributed by atoms with E-state index in [1.807, 2.05) is 20.0 Å². The lowest BCUT2D eigenvalue weighted by molar-refractivity contribution is 0.301. The van der Waals surface area contributed by atoms with Crippen LogP contribution < -0.4 is 10.2 Å². The Morgan fingerprint density at radius 1 is 1.33 bits per heavy atom. The van der Waals surface area contributed by atoms with Gasteiger partial charge in [0.1, 0.15) is 5.82 Å². The Morgan fingerprint density at radius 3 is 2.52 bits per heavy atom. The second-order valence-electron chi connectivity index (χ2n) is 6.55. The minimum atomic E-state index is -0.104. The van der Waals surface area contributed by atoms with E-state index in [1.54, 1.807) is 6.07 Å². The molecule has 2 rings (SSSR count). The van der Waals surface area contributed by atoms with E-state index < -0.39 is 0 Å². The highest BCUT2D eigenvalue weighted by atomic mass is 19.1. The van der Waals surface area contributed by atoms with Crippen LogP contribution in [0.4, 0.5) is 10.1 Å². The van der Waals surface area contributed by atoms with Crippen molar-refractivity contribution < 1.29 is 4.39 Å². The molecule has 1 aliphatic rings. The molecule has 0 saturated carbocycles. The minimum absolute atomic E-state index is 0.104. The largest absolute Gasteiger partial charge is 0.371 e. The number of halogens is 1. The lowest BCUT2D eigenvalue weighted by Gasteiger charge is -2.29. The van der Waals surface area contributed by atoms with Gasteiger partial charge >= 0.3 is 0 Å². The number of nitrogens with zero attached hydrogens (tertiary/aromatic N) is 1. The molecule has 1 aliphatic heterocycles. The predicted molar refractivity (Wildman–Crippen MR) is 88.5 cm³/mol. The van der Waals surface area contributed by atoms with E-state index in [9.17, 15) is 4.39 Å². The third kappa shape index (κ3) is 3.08. The molecule has 2 nitrogen and oxygen atoms in total. The quantitative estimate of drug-likeness (QED) is 0.863. The highest BCUT2D eigenvalue weighted by Crippen LogP contribution is 2.41. The van der Waals surface area contributed by atoms with Gasteiger partial charge in [0.2, 0.25) is 0 Å². The average Bonchev–Trinajstić information content (AvgIpc) is 2.93. The van der Waals surface area contributed by atoms with Gasteiger partial charge in [0.15, 0.2) is 0 Å². The average molecular weight is 292 g/mol. The van der Waals surface area contributed by atoms with E-state index in [0.29, 0.717) is 5.41 Å². The molecule has 1 fully saturated rings. The van der Waals surface area contributed by atoms with Gasteiger partial charge in [-0.15, -0.1) is 0 Å². The van der Waals surface area contributed by atoms with Crippen molar-refractivity contribution in [3.8, 4) is 0 Å². The Hall–Kier alpha value is -1.09. The number of anilines is 1. The summed E-state index contributed by atoms with van der Waals surface area (Å²) in [6, 6.07) is 3.90. The van der Waals surface area contributed by atoms with E-state index in [4.69, 9.17) is 0 Å². The molecule has 0 aliphatic carbocycles. The molecule has 1 unspecified atom stereocenters.